The Kier molecular flexibility index (Phi) is 3.90. The minimum Gasteiger partial charge on any atom is -0.335 e. The van der Waals surface area contributed by atoms with Crippen LogP contribution in [0.15, 0.2) is 12.7 Å². The normalized spacial score (nSPS) is 23.7. The van der Waals surface area contributed by atoms with Gasteiger partial charge in [0.05, 0.1) is 11.5 Å². The first kappa shape index (κ1) is 12.2. The van der Waals surface area contributed by atoms with Crippen molar-refractivity contribution in [2.75, 3.05) is 18.1 Å². The molecule has 4 nitrogen and oxygen atoms in total. The Hall–Kier alpha value is -0.840. The largest absolute Gasteiger partial charge is 0.335 e. The molecule has 86 valence electrons. The van der Waals surface area contributed by atoms with Gasteiger partial charge in [0.1, 0.15) is 0 Å². The van der Waals surface area contributed by atoms with E-state index in [0.29, 0.717) is 19.4 Å². The van der Waals surface area contributed by atoms with Gasteiger partial charge in [0.2, 0.25) is 5.91 Å². The lowest BCUT2D eigenvalue weighted by molar-refractivity contribution is -0.132. The van der Waals surface area contributed by atoms with Gasteiger partial charge in [0, 0.05) is 19.0 Å². The third-order valence-corrected chi connectivity index (χ3v) is 4.35. The van der Waals surface area contributed by atoms with Crippen LogP contribution >= 0.6 is 0 Å². The zero-order valence-corrected chi connectivity index (χ0v) is 9.79. The summed E-state index contributed by atoms with van der Waals surface area (Å²) in [5.41, 5.74) is 0. The van der Waals surface area contributed by atoms with Gasteiger partial charge in [-0.25, -0.2) is 8.42 Å². The molecule has 1 aliphatic heterocycles. The predicted molar refractivity (Wildman–Crippen MR) is 59.3 cm³/mol. The lowest BCUT2D eigenvalue weighted by Crippen LogP contribution is -2.40. The molecule has 0 aliphatic carbocycles. The van der Waals surface area contributed by atoms with E-state index in [1.165, 1.54) is 0 Å². The smallest absolute Gasteiger partial charge is 0.222 e. The summed E-state index contributed by atoms with van der Waals surface area (Å²) in [5, 5.41) is 0. The number of sulfone groups is 1. The quantitative estimate of drug-likeness (QED) is 0.666. The van der Waals surface area contributed by atoms with E-state index < -0.39 is 9.84 Å². The maximum absolute atomic E-state index is 11.6. The van der Waals surface area contributed by atoms with Crippen LogP contribution in [-0.2, 0) is 14.6 Å². The van der Waals surface area contributed by atoms with Crippen molar-refractivity contribution in [3.8, 4) is 0 Å². The molecule has 0 saturated carbocycles. The number of hydrogen-bond acceptors (Lipinski definition) is 3. The minimum absolute atomic E-state index is 0.00278. The molecule has 1 rings (SSSR count). The fourth-order valence-corrected chi connectivity index (χ4v) is 3.55. The van der Waals surface area contributed by atoms with Gasteiger partial charge in [0.25, 0.3) is 0 Å². The van der Waals surface area contributed by atoms with Crippen molar-refractivity contribution in [2.45, 2.75) is 25.8 Å². The molecule has 0 bridgehead atoms. The highest BCUT2D eigenvalue weighted by atomic mass is 32.2. The van der Waals surface area contributed by atoms with E-state index in [0.717, 1.165) is 0 Å². The third-order valence-electron chi connectivity index (χ3n) is 2.60. The van der Waals surface area contributed by atoms with Gasteiger partial charge in [-0.15, -0.1) is 6.58 Å². The topological polar surface area (TPSA) is 54.5 Å². The number of rotatable bonds is 4. The van der Waals surface area contributed by atoms with Gasteiger partial charge in [-0.2, -0.15) is 0 Å². The van der Waals surface area contributed by atoms with Crippen LogP contribution in [-0.4, -0.2) is 43.3 Å². The predicted octanol–water partition coefficient (Wildman–Crippen LogP) is 0.598. The van der Waals surface area contributed by atoms with Crippen LogP contribution in [0.3, 0.4) is 0 Å². The molecule has 1 saturated heterocycles. The highest BCUT2D eigenvalue weighted by molar-refractivity contribution is 7.91. The van der Waals surface area contributed by atoms with Crippen molar-refractivity contribution in [1.82, 2.24) is 4.90 Å². The third kappa shape index (κ3) is 3.06. The minimum atomic E-state index is -2.93. The maximum atomic E-state index is 11.6. The summed E-state index contributed by atoms with van der Waals surface area (Å²) < 4.78 is 22.6. The van der Waals surface area contributed by atoms with Gasteiger partial charge in [-0.3, -0.25) is 4.79 Å². The van der Waals surface area contributed by atoms with Crippen LogP contribution in [0.1, 0.15) is 19.8 Å². The Morgan fingerprint density at radius 2 is 2.27 bits per heavy atom. The Bertz CT molecular complexity index is 348. The lowest BCUT2D eigenvalue weighted by Gasteiger charge is -2.26. The molecule has 0 aromatic carbocycles. The van der Waals surface area contributed by atoms with Crippen LogP contribution in [0.4, 0.5) is 0 Å². The van der Waals surface area contributed by atoms with Crippen LogP contribution in [0.25, 0.3) is 0 Å². The zero-order valence-electron chi connectivity index (χ0n) is 8.98. The summed E-state index contributed by atoms with van der Waals surface area (Å²) in [4.78, 5) is 13.2. The van der Waals surface area contributed by atoms with Crippen LogP contribution < -0.4 is 0 Å². The number of carbonyl (C=O) groups excluding carboxylic acids is 1. The second-order valence-electron chi connectivity index (χ2n) is 3.75. The lowest BCUT2D eigenvalue weighted by atomic mass is 10.2. The van der Waals surface area contributed by atoms with Crippen molar-refractivity contribution in [3.63, 3.8) is 0 Å². The van der Waals surface area contributed by atoms with Gasteiger partial charge < -0.3 is 4.90 Å². The van der Waals surface area contributed by atoms with E-state index in [1.54, 1.807) is 17.9 Å². The fraction of sp³-hybridized carbons (Fsp3) is 0.700. The van der Waals surface area contributed by atoms with E-state index >= 15 is 0 Å². The van der Waals surface area contributed by atoms with E-state index in [2.05, 4.69) is 6.58 Å². The molecule has 1 atom stereocenters. The van der Waals surface area contributed by atoms with E-state index in [9.17, 15) is 13.2 Å². The average Bonchev–Trinajstić information content (AvgIpc) is 2.54. The molecule has 1 aliphatic rings. The molecule has 15 heavy (non-hydrogen) atoms. The van der Waals surface area contributed by atoms with Crippen LogP contribution in [0.5, 0.6) is 0 Å². The van der Waals surface area contributed by atoms with Gasteiger partial charge in [-0.1, -0.05) is 13.0 Å². The summed E-state index contributed by atoms with van der Waals surface area (Å²) in [6, 6.07) is -0.152. The second kappa shape index (κ2) is 4.79. The first-order valence-electron chi connectivity index (χ1n) is 5.11. The van der Waals surface area contributed by atoms with Crippen molar-refractivity contribution in [3.05, 3.63) is 12.7 Å². The Morgan fingerprint density at radius 3 is 2.67 bits per heavy atom. The fourth-order valence-electron chi connectivity index (χ4n) is 1.82. The van der Waals surface area contributed by atoms with Gasteiger partial charge >= 0.3 is 0 Å². The molecule has 0 N–H and O–H groups in total. The molecule has 0 aromatic heterocycles. The number of nitrogens with zero attached hydrogens (tertiary/aromatic N) is 1. The van der Waals surface area contributed by atoms with E-state index in [4.69, 9.17) is 0 Å². The SMILES string of the molecule is C=CCN(C(=O)CC)[C@H]1CCS(=O)(=O)C1. The highest BCUT2D eigenvalue weighted by Crippen LogP contribution is 2.18. The molecule has 0 aromatic rings. The number of hydrogen-bond donors (Lipinski definition) is 0. The maximum Gasteiger partial charge on any atom is 0.222 e. The Balaban J connectivity index is 2.73. The summed E-state index contributed by atoms with van der Waals surface area (Å²) in [5.74, 6) is 0.298. The highest BCUT2D eigenvalue weighted by Gasteiger charge is 2.33. The first-order valence-corrected chi connectivity index (χ1v) is 6.93. The first-order chi connectivity index (χ1) is 7.00. The molecule has 1 fully saturated rings. The molecule has 5 heteroatoms. The molecule has 0 radical (unpaired) electrons. The molecule has 1 amide bonds. The van der Waals surface area contributed by atoms with Crippen molar-refractivity contribution in [2.24, 2.45) is 0 Å². The Morgan fingerprint density at radius 1 is 1.60 bits per heavy atom. The monoisotopic (exact) mass is 231 g/mol. The summed E-state index contributed by atoms with van der Waals surface area (Å²) in [6.45, 7) is 5.80. The standard InChI is InChI=1S/C10H17NO3S/c1-3-6-11(10(12)4-2)9-5-7-15(13,14)8-9/h3,9H,1,4-8H2,2H3/t9-/m0/s1. The van der Waals surface area contributed by atoms with E-state index in [-0.39, 0.29) is 23.5 Å². The Labute approximate surface area is 90.9 Å². The molecular weight excluding hydrogens is 214 g/mol. The van der Waals surface area contributed by atoms with Crippen LogP contribution in [0, 0.1) is 0 Å². The van der Waals surface area contributed by atoms with Crippen LogP contribution in [0.2, 0.25) is 0 Å². The molecule has 0 spiro atoms. The van der Waals surface area contributed by atoms with E-state index in [1.807, 2.05) is 0 Å². The number of amides is 1. The van der Waals surface area contributed by atoms with Gasteiger partial charge in [-0.05, 0) is 6.42 Å². The summed E-state index contributed by atoms with van der Waals surface area (Å²) >= 11 is 0. The second-order valence-corrected chi connectivity index (χ2v) is 5.97. The van der Waals surface area contributed by atoms with Crippen molar-refractivity contribution >= 4 is 15.7 Å². The molecule has 1 heterocycles. The summed E-state index contributed by atoms with van der Waals surface area (Å²) in [7, 11) is -2.93. The average molecular weight is 231 g/mol. The summed E-state index contributed by atoms with van der Waals surface area (Å²) in [6.07, 6.45) is 2.60. The molecule has 0 unspecified atom stereocenters. The number of carbonyl (C=O) groups is 1. The zero-order chi connectivity index (χ0) is 11.5. The molecular formula is C10H17NO3S. The van der Waals surface area contributed by atoms with Crippen molar-refractivity contribution < 1.29 is 13.2 Å². The van der Waals surface area contributed by atoms with Gasteiger partial charge in [0.15, 0.2) is 9.84 Å². The van der Waals surface area contributed by atoms with Crippen molar-refractivity contribution in [1.29, 1.82) is 0 Å².